The van der Waals surface area contributed by atoms with Crippen molar-refractivity contribution in [3.05, 3.63) is 70.9 Å². The number of amides is 1. The van der Waals surface area contributed by atoms with E-state index in [0.29, 0.717) is 23.7 Å². The molecule has 1 fully saturated rings. The van der Waals surface area contributed by atoms with Crippen molar-refractivity contribution in [2.75, 3.05) is 44.2 Å². The number of ether oxygens (including phenoxy) is 1. The molecule has 0 aromatic heterocycles. The first-order valence-corrected chi connectivity index (χ1v) is 10.3. The van der Waals surface area contributed by atoms with Gasteiger partial charge in [-0.2, -0.15) is 0 Å². The Morgan fingerprint density at radius 2 is 1.55 bits per heavy atom. The van der Waals surface area contributed by atoms with Crippen molar-refractivity contribution in [2.24, 2.45) is 0 Å². The second-order valence-corrected chi connectivity index (χ2v) is 7.73. The second kappa shape index (κ2) is 10.4. The lowest BCUT2D eigenvalue weighted by atomic mass is 10.2. The van der Waals surface area contributed by atoms with Crippen molar-refractivity contribution in [2.45, 2.75) is 6.42 Å². The SMILES string of the molecule is C=C(CCNC(=O)COc1ccc(Cl)cc1)N1CCN(c2ccc(Cl)cc2)CC1. The Kier molecular flexibility index (Phi) is 7.67. The molecule has 2 aromatic carbocycles. The number of piperazine rings is 1. The summed E-state index contributed by atoms with van der Waals surface area (Å²) in [4.78, 5) is 16.6. The van der Waals surface area contributed by atoms with E-state index in [2.05, 4.69) is 33.8 Å². The summed E-state index contributed by atoms with van der Waals surface area (Å²) < 4.78 is 5.44. The number of benzene rings is 2. The number of hydrogen-bond acceptors (Lipinski definition) is 4. The molecule has 0 bridgehead atoms. The van der Waals surface area contributed by atoms with Crippen molar-refractivity contribution in [3.8, 4) is 5.75 Å². The van der Waals surface area contributed by atoms with Crippen molar-refractivity contribution in [3.63, 3.8) is 0 Å². The zero-order chi connectivity index (χ0) is 20.6. The number of nitrogens with one attached hydrogen (secondary N) is 1. The minimum Gasteiger partial charge on any atom is -0.484 e. The van der Waals surface area contributed by atoms with Crippen LogP contribution in [0.1, 0.15) is 6.42 Å². The molecule has 0 unspecified atom stereocenters. The van der Waals surface area contributed by atoms with E-state index in [9.17, 15) is 4.79 Å². The van der Waals surface area contributed by atoms with E-state index in [0.717, 1.165) is 36.9 Å². The lowest BCUT2D eigenvalue weighted by molar-refractivity contribution is -0.123. The Labute approximate surface area is 181 Å². The van der Waals surface area contributed by atoms with Crippen molar-refractivity contribution in [1.82, 2.24) is 10.2 Å². The number of halogens is 2. The molecule has 0 radical (unpaired) electrons. The number of nitrogens with zero attached hydrogens (tertiary/aromatic N) is 2. The smallest absolute Gasteiger partial charge is 0.257 e. The molecule has 0 spiro atoms. The Balaban J connectivity index is 1.33. The fourth-order valence-electron chi connectivity index (χ4n) is 3.17. The molecule has 1 N–H and O–H groups in total. The number of carbonyl (C=O) groups is 1. The summed E-state index contributed by atoms with van der Waals surface area (Å²) in [6, 6.07) is 14.9. The molecule has 0 saturated carbocycles. The van der Waals surface area contributed by atoms with Gasteiger partial charge in [-0.1, -0.05) is 29.8 Å². The van der Waals surface area contributed by atoms with Crippen LogP contribution in [-0.4, -0.2) is 50.1 Å². The lowest BCUT2D eigenvalue weighted by Gasteiger charge is -2.38. The molecule has 1 saturated heterocycles. The van der Waals surface area contributed by atoms with E-state index in [1.165, 1.54) is 5.69 Å². The van der Waals surface area contributed by atoms with Gasteiger partial charge in [-0.25, -0.2) is 0 Å². The minimum absolute atomic E-state index is 0.0200. The maximum Gasteiger partial charge on any atom is 0.257 e. The van der Waals surface area contributed by atoms with Gasteiger partial charge in [-0.05, 0) is 48.5 Å². The standard InChI is InChI=1S/C22H25Cl2N3O2/c1-17(10-11-25-22(28)16-29-21-8-4-19(24)5-9-21)26-12-14-27(15-13-26)20-6-2-18(23)3-7-20/h2-9H,1,10-16H2,(H,25,28). The van der Waals surface area contributed by atoms with Gasteiger partial charge in [0.25, 0.3) is 5.91 Å². The largest absolute Gasteiger partial charge is 0.484 e. The van der Waals surface area contributed by atoms with E-state index in [4.69, 9.17) is 27.9 Å². The van der Waals surface area contributed by atoms with Crippen LogP contribution in [0.3, 0.4) is 0 Å². The quantitative estimate of drug-likeness (QED) is 0.676. The van der Waals surface area contributed by atoms with Crippen molar-refractivity contribution >= 4 is 34.8 Å². The zero-order valence-electron chi connectivity index (χ0n) is 16.2. The molecule has 3 rings (SSSR count). The molecule has 154 valence electrons. The summed E-state index contributed by atoms with van der Waals surface area (Å²) in [7, 11) is 0. The fraction of sp³-hybridized carbons (Fsp3) is 0.318. The molecule has 5 nitrogen and oxygen atoms in total. The first-order valence-electron chi connectivity index (χ1n) is 9.59. The highest BCUT2D eigenvalue weighted by Crippen LogP contribution is 2.21. The highest BCUT2D eigenvalue weighted by Gasteiger charge is 2.18. The molecule has 29 heavy (non-hydrogen) atoms. The highest BCUT2D eigenvalue weighted by molar-refractivity contribution is 6.30. The highest BCUT2D eigenvalue weighted by atomic mass is 35.5. The first kappa shape index (κ1) is 21.3. The molecule has 2 aromatic rings. The number of hydrogen-bond donors (Lipinski definition) is 1. The molecular formula is C22H25Cl2N3O2. The third-order valence-electron chi connectivity index (χ3n) is 4.84. The molecule has 0 aliphatic carbocycles. The second-order valence-electron chi connectivity index (χ2n) is 6.86. The zero-order valence-corrected chi connectivity index (χ0v) is 17.8. The summed E-state index contributed by atoms with van der Waals surface area (Å²) in [6.07, 6.45) is 0.716. The van der Waals surface area contributed by atoms with Crippen LogP contribution in [0.2, 0.25) is 10.0 Å². The predicted molar refractivity (Wildman–Crippen MR) is 119 cm³/mol. The average Bonchev–Trinajstić information content (AvgIpc) is 2.74. The van der Waals surface area contributed by atoms with Crippen LogP contribution < -0.4 is 15.0 Å². The Morgan fingerprint density at radius 1 is 0.966 bits per heavy atom. The van der Waals surface area contributed by atoms with E-state index >= 15 is 0 Å². The topological polar surface area (TPSA) is 44.8 Å². The number of carbonyl (C=O) groups excluding carboxylic acids is 1. The maximum atomic E-state index is 11.9. The van der Waals surface area contributed by atoms with Gasteiger partial charge in [0.05, 0.1) is 0 Å². The molecule has 7 heteroatoms. The van der Waals surface area contributed by atoms with Gasteiger partial charge in [0.2, 0.25) is 0 Å². The van der Waals surface area contributed by atoms with Crippen LogP contribution in [-0.2, 0) is 4.79 Å². The van der Waals surface area contributed by atoms with E-state index in [-0.39, 0.29) is 12.5 Å². The molecule has 0 atom stereocenters. The Morgan fingerprint density at radius 3 is 2.17 bits per heavy atom. The normalized spacial score (nSPS) is 13.9. The number of anilines is 1. The van der Waals surface area contributed by atoms with Gasteiger partial charge in [-0.15, -0.1) is 0 Å². The monoisotopic (exact) mass is 433 g/mol. The predicted octanol–water partition coefficient (Wildman–Crippen LogP) is 4.21. The van der Waals surface area contributed by atoms with Gasteiger partial charge >= 0.3 is 0 Å². The summed E-state index contributed by atoms with van der Waals surface area (Å²) >= 11 is 11.8. The summed E-state index contributed by atoms with van der Waals surface area (Å²) in [6.45, 7) is 8.39. The van der Waals surface area contributed by atoms with Crippen LogP contribution in [0.4, 0.5) is 5.69 Å². The minimum atomic E-state index is -0.152. The third-order valence-corrected chi connectivity index (χ3v) is 5.34. The van der Waals surface area contributed by atoms with Crippen molar-refractivity contribution in [1.29, 1.82) is 0 Å². The number of rotatable bonds is 8. The molecule has 1 heterocycles. The van der Waals surface area contributed by atoms with Crippen molar-refractivity contribution < 1.29 is 9.53 Å². The molecule has 1 amide bonds. The fourth-order valence-corrected chi connectivity index (χ4v) is 3.42. The van der Waals surface area contributed by atoms with Gasteiger partial charge in [0, 0.05) is 60.6 Å². The van der Waals surface area contributed by atoms with E-state index in [1.807, 2.05) is 12.1 Å². The average molecular weight is 434 g/mol. The van der Waals surface area contributed by atoms with Crippen LogP contribution in [0.25, 0.3) is 0 Å². The summed E-state index contributed by atoms with van der Waals surface area (Å²) in [5.74, 6) is 0.466. The molecular weight excluding hydrogens is 409 g/mol. The van der Waals surface area contributed by atoms with Gasteiger partial charge < -0.3 is 19.9 Å². The molecule has 1 aliphatic rings. The summed E-state index contributed by atoms with van der Waals surface area (Å²) in [5, 5.41) is 4.26. The summed E-state index contributed by atoms with van der Waals surface area (Å²) in [5.41, 5.74) is 2.23. The van der Waals surface area contributed by atoms with Crippen LogP contribution in [0.5, 0.6) is 5.75 Å². The first-order chi connectivity index (χ1) is 14.0. The lowest BCUT2D eigenvalue weighted by Crippen LogP contribution is -2.46. The van der Waals surface area contributed by atoms with Gasteiger partial charge in [0.15, 0.2) is 6.61 Å². The van der Waals surface area contributed by atoms with E-state index < -0.39 is 0 Å². The van der Waals surface area contributed by atoms with Gasteiger partial charge in [-0.3, -0.25) is 4.79 Å². The third kappa shape index (κ3) is 6.58. The van der Waals surface area contributed by atoms with Crippen LogP contribution >= 0.6 is 23.2 Å². The van der Waals surface area contributed by atoms with E-state index in [1.54, 1.807) is 24.3 Å². The Bertz CT molecular complexity index is 817. The van der Waals surface area contributed by atoms with Crippen LogP contribution in [0, 0.1) is 0 Å². The Hall–Kier alpha value is -2.37. The maximum absolute atomic E-state index is 11.9. The van der Waals surface area contributed by atoms with Crippen LogP contribution in [0.15, 0.2) is 60.8 Å². The van der Waals surface area contributed by atoms with Gasteiger partial charge in [0.1, 0.15) is 5.75 Å². The molecule has 1 aliphatic heterocycles.